The molecule has 2 N–H and O–H groups in total. The van der Waals surface area contributed by atoms with Gasteiger partial charge >= 0.3 is 0 Å². The van der Waals surface area contributed by atoms with Crippen LogP contribution >= 0.6 is 0 Å². The van der Waals surface area contributed by atoms with Crippen LogP contribution in [0.25, 0.3) is 0 Å². The lowest BCUT2D eigenvalue weighted by molar-refractivity contribution is 0.306. The van der Waals surface area contributed by atoms with E-state index in [0.29, 0.717) is 19.0 Å². The Labute approximate surface area is 91.9 Å². The molecule has 15 heavy (non-hydrogen) atoms. The molecule has 88 valence electrons. The number of hydrogen-bond donors (Lipinski definition) is 1. The minimum atomic E-state index is -3.05. The molecule has 1 heterocycles. The summed E-state index contributed by atoms with van der Waals surface area (Å²) in [5.41, 5.74) is 5.98. The fourth-order valence-corrected chi connectivity index (χ4v) is 4.22. The van der Waals surface area contributed by atoms with Crippen molar-refractivity contribution in [3.63, 3.8) is 0 Å². The first-order valence-electron chi connectivity index (χ1n) is 5.83. The van der Waals surface area contributed by atoms with E-state index in [9.17, 15) is 8.42 Å². The molecule has 2 rings (SSSR count). The first-order valence-corrected chi connectivity index (χ1v) is 7.44. The van der Waals surface area contributed by atoms with Crippen molar-refractivity contribution in [1.82, 2.24) is 4.31 Å². The SMILES string of the molecule is NC(CS(=O)(=O)N1CCC1)C1CCCC1. The maximum atomic E-state index is 11.8. The third-order valence-electron chi connectivity index (χ3n) is 3.62. The van der Waals surface area contributed by atoms with E-state index < -0.39 is 10.0 Å². The van der Waals surface area contributed by atoms with Gasteiger partial charge in [-0.2, -0.15) is 0 Å². The smallest absolute Gasteiger partial charge is 0.215 e. The monoisotopic (exact) mass is 232 g/mol. The molecular formula is C10H20N2O2S. The van der Waals surface area contributed by atoms with Gasteiger partial charge in [-0.15, -0.1) is 0 Å². The normalized spacial score (nSPS) is 26.5. The Bertz CT molecular complexity index is 305. The molecule has 1 unspecified atom stereocenters. The first-order chi connectivity index (χ1) is 7.09. The van der Waals surface area contributed by atoms with Crippen LogP contribution in [0.3, 0.4) is 0 Å². The van der Waals surface area contributed by atoms with Gasteiger partial charge in [-0.1, -0.05) is 12.8 Å². The summed E-state index contributed by atoms with van der Waals surface area (Å²) in [4.78, 5) is 0. The molecule has 0 aromatic rings. The Morgan fingerprint density at radius 1 is 1.20 bits per heavy atom. The second kappa shape index (κ2) is 4.39. The van der Waals surface area contributed by atoms with Crippen molar-refractivity contribution in [2.75, 3.05) is 18.8 Å². The lowest BCUT2D eigenvalue weighted by Gasteiger charge is -2.31. The average Bonchev–Trinajstić information content (AvgIpc) is 2.48. The third-order valence-corrected chi connectivity index (χ3v) is 5.57. The molecule has 2 aliphatic rings. The van der Waals surface area contributed by atoms with Gasteiger partial charge in [0.1, 0.15) is 0 Å². The fraction of sp³-hybridized carbons (Fsp3) is 1.00. The molecule has 4 nitrogen and oxygen atoms in total. The number of nitrogens with two attached hydrogens (primary N) is 1. The molecule has 0 aromatic heterocycles. The molecule has 0 amide bonds. The van der Waals surface area contributed by atoms with Crippen molar-refractivity contribution in [2.24, 2.45) is 11.7 Å². The quantitative estimate of drug-likeness (QED) is 0.769. The average molecular weight is 232 g/mol. The zero-order chi connectivity index (χ0) is 10.9. The zero-order valence-electron chi connectivity index (χ0n) is 9.06. The van der Waals surface area contributed by atoms with Crippen LogP contribution in [0, 0.1) is 5.92 Å². The second-order valence-electron chi connectivity index (χ2n) is 4.74. The predicted molar refractivity (Wildman–Crippen MR) is 59.9 cm³/mol. The van der Waals surface area contributed by atoms with E-state index in [4.69, 9.17) is 5.73 Å². The zero-order valence-corrected chi connectivity index (χ0v) is 9.88. The molecule has 1 saturated carbocycles. The van der Waals surface area contributed by atoms with E-state index in [1.807, 2.05) is 0 Å². The van der Waals surface area contributed by atoms with E-state index in [2.05, 4.69) is 0 Å². The summed E-state index contributed by atoms with van der Waals surface area (Å²) >= 11 is 0. The van der Waals surface area contributed by atoms with Crippen molar-refractivity contribution in [3.05, 3.63) is 0 Å². The Hall–Kier alpha value is -0.130. The molecule has 0 bridgehead atoms. The van der Waals surface area contributed by atoms with Crippen molar-refractivity contribution in [2.45, 2.75) is 38.1 Å². The van der Waals surface area contributed by atoms with Gasteiger partial charge in [-0.05, 0) is 25.2 Å². The summed E-state index contributed by atoms with van der Waals surface area (Å²) in [6.45, 7) is 1.39. The van der Waals surface area contributed by atoms with Crippen LogP contribution in [0.15, 0.2) is 0 Å². The van der Waals surface area contributed by atoms with Gasteiger partial charge in [-0.3, -0.25) is 0 Å². The topological polar surface area (TPSA) is 63.4 Å². The largest absolute Gasteiger partial charge is 0.326 e. The van der Waals surface area contributed by atoms with E-state index >= 15 is 0 Å². The molecule has 2 fully saturated rings. The molecule has 0 radical (unpaired) electrons. The summed E-state index contributed by atoms with van der Waals surface area (Å²) in [5, 5.41) is 0. The summed E-state index contributed by atoms with van der Waals surface area (Å²) in [6, 6.07) is -0.155. The minimum absolute atomic E-state index is 0.150. The van der Waals surface area contributed by atoms with E-state index in [0.717, 1.165) is 19.3 Å². The third kappa shape index (κ3) is 2.52. The molecule has 0 aromatic carbocycles. The number of rotatable bonds is 4. The Kier molecular flexibility index (Phi) is 3.33. The highest BCUT2D eigenvalue weighted by Crippen LogP contribution is 2.28. The number of sulfonamides is 1. The molecule has 1 atom stereocenters. The van der Waals surface area contributed by atoms with Gasteiger partial charge in [0.15, 0.2) is 0 Å². The highest BCUT2D eigenvalue weighted by Gasteiger charge is 2.32. The summed E-state index contributed by atoms with van der Waals surface area (Å²) in [6.07, 6.45) is 5.63. The number of nitrogens with zero attached hydrogens (tertiary/aromatic N) is 1. The standard InChI is InChI=1S/C10H20N2O2S/c11-10(9-4-1-2-5-9)8-15(13,14)12-6-3-7-12/h9-10H,1-8,11H2. The maximum Gasteiger partial charge on any atom is 0.215 e. The van der Waals surface area contributed by atoms with Crippen LogP contribution in [0.2, 0.25) is 0 Å². The van der Waals surface area contributed by atoms with Crippen molar-refractivity contribution >= 4 is 10.0 Å². The Morgan fingerprint density at radius 3 is 2.27 bits per heavy atom. The molecule has 5 heteroatoms. The fourth-order valence-electron chi connectivity index (χ4n) is 2.44. The molecule has 1 aliphatic carbocycles. The molecule has 0 spiro atoms. The van der Waals surface area contributed by atoms with Crippen LogP contribution in [0.5, 0.6) is 0 Å². The molecule has 1 aliphatic heterocycles. The summed E-state index contributed by atoms with van der Waals surface area (Å²) in [5.74, 6) is 0.582. The van der Waals surface area contributed by atoms with E-state index in [1.54, 1.807) is 4.31 Å². The van der Waals surface area contributed by atoms with Crippen LogP contribution in [0.1, 0.15) is 32.1 Å². The van der Waals surface area contributed by atoms with Crippen LogP contribution < -0.4 is 5.73 Å². The van der Waals surface area contributed by atoms with Crippen LogP contribution in [-0.4, -0.2) is 37.6 Å². The van der Waals surface area contributed by atoms with Gasteiger partial charge < -0.3 is 5.73 Å². The summed E-state index contributed by atoms with van der Waals surface area (Å²) in [7, 11) is -3.05. The van der Waals surface area contributed by atoms with Gasteiger partial charge in [-0.25, -0.2) is 12.7 Å². The molecular weight excluding hydrogens is 212 g/mol. The van der Waals surface area contributed by atoms with Gasteiger partial charge in [0.25, 0.3) is 0 Å². The van der Waals surface area contributed by atoms with Crippen molar-refractivity contribution in [1.29, 1.82) is 0 Å². The van der Waals surface area contributed by atoms with Crippen LogP contribution in [-0.2, 0) is 10.0 Å². The van der Waals surface area contributed by atoms with Crippen molar-refractivity contribution < 1.29 is 8.42 Å². The second-order valence-corrected chi connectivity index (χ2v) is 6.75. The van der Waals surface area contributed by atoms with Crippen molar-refractivity contribution in [3.8, 4) is 0 Å². The van der Waals surface area contributed by atoms with E-state index in [-0.39, 0.29) is 11.8 Å². The maximum absolute atomic E-state index is 11.8. The highest BCUT2D eigenvalue weighted by atomic mass is 32.2. The number of hydrogen-bond acceptors (Lipinski definition) is 3. The Morgan fingerprint density at radius 2 is 1.80 bits per heavy atom. The highest BCUT2D eigenvalue weighted by molar-refractivity contribution is 7.89. The lowest BCUT2D eigenvalue weighted by Crippen LogP contribution is -2.47. The first kappa shape index (κ1) is 11.4. The minimum Gasteiger partial charge on any atom is -0.326 e. The molecule has 1 saturated heterocycles. The lowest BCUT2D eigenvalue weighted by atomic mass is 10.0. The van der Waals surface area contributed by atoms with Gasteiger partial charge in [0.05, 0.1) is 5.75 Å². The van der Waals surface area contributed by atoms with Crippen LogP contribution in [0.4, 0.5) is 0 Å². The Balaban J connectivity index is 1.89. The van der Waals surface area contributed by atoms with Gasteiger partial charge in [0.2, 0.25) is 10.0 Å². The van der Waals surface area contributed by atoms with Gasteiger partial charge in [0, 0.05) is 19.1 Å². The predicted octanol–water partition coefficient (Wildman–Crippen LogP) is 0.539. The summed E-state index contributed by atoms with van der Waals surface area (Å²) < 4.78 is 25.2. The van der Waals surface area contributed by atoms with E-state index in [1.165, 1.54) is 12.8 Å².